The van der Waals surface area contributed by atoms with Crippen LogP contribution in [0, 0.1) is 0 Å². The first kappa shape index (κ1) is 38.1. The predicted octanol–water partition coefficient (Wildman–Crippen LogP) is 15.7. The summed E-state index contributed by atoms with van der Waals surface area (Å²) in [5.41, 5.74) is 18.1. The summed E-state index contributed by atoms with van der Waals surface area (Å²) in [6, 6.07) is 45.7. The second-order valence-corrected chi connectivity index (χ2v) is 24.5. The van der Waals surface area contributed by atoms with Crippen LogP contribution in [0.4, 0.5) is 11.4 Å². The molecule has 0 spiro atoms. The fourth-order valence-electron chi connectivity index (χ4n) is 11.9. The van der Waals surface area contributed by atoms with Crippen molar-refractivity contribution in [1.82, 2.24) is 4.57 Å². The molecule has 0 amide bonds. The van der Waals surface area contributed by atoms with Crippen molar-refractivity contribution < 1.29 is 0 Å². The van der Waals surface area contributed by atoms with Crippen molar-refractivity contribution in [2.75, 3.05) is 4.81 Å². The van der Waals surface area contributed by atoms with Crippen molar-refractivity contribution in [3.63, 3.8) is 0 Å². The molecule has 2 nitrogen and oxygen atoms in total. The molecule has 10 aromatic rings. The monoisotopic (exact) mass is 852 g/mol. The maximum atomic E-state index is 2.75. The third-order valence-electron chi connectivity index (χ3n) is 15.5. The fraction of sp³-hybridized carbons (Fsp3) is 0.276. The van der Waals surface area contributed by atoms with Gasteiger partial charge >= 0.3 is 6.85 Å². The molecule has 7 aromatic carbocycles. The van der Waals surface area contributed by atoms with Crippen molar-refractivity contribution in [2.24, 2.45) is 0 Å². The van der Waals surface area contributed by atoms with Crippen LogP contribution in [0.3, 0.4) is 0 Å². The van der Waals surface area contributed by atoms with Gasteiger partial charge in [-0.15, -0.1) is 22.7 Å². The van der Waals surface area contributed by atoms with E-state index in [1.54, 1.807) is 0 Å². The minimum Gasteiger partial charge on any atom is -0.376 e. The van der Waals surface area contributed by atoms with Gasteiger partial charge in [0, 0.05) is 79.3 Å². The van der Waals surface area contributed by atoms with Gasteiger partial charge in [-0.25, -0.2) is 0 Å². The molecule has 0 radical (unpaired) electrons. The quantitative estimate of drug-likeness (QED) is 0.149. The minimum absolute atomic E-state index is 0.0240. The lowest BCUT2D eigenvalue weighted by Crippen LogP contribution is -2.60. The van der Waals surface area contributed by atoms with Crippen molar-refractivity contribution in [3.05, 3.63) is 138 Å². The first-order valence-corrected chi connectivity index (χ1v) is 24.6. The first-order chi connectivity index (χ1) is 30.0. The second-order valence-electron chi connectivity index (χ2n) is 22.4. The molecule has 0 saturated carbocycles. The van der Waals surface area contributed by atoms with E-state index in [-0.39, 0.29) is 28.5 Å². The molecular formula is C58H53BN2S2. The van der Waals surface area contributed by atoms with Gasteiger partial charge in [-0.2, -0.15) is 0 Å². The standard InChI is InChI=1S/C58H53BN2S2/c1-55(2,3)32-19-22-34(23-20-32)61-45-29-37-35-15-11-13-17-46(35)62-48(37)30-39(45)51-52-53-49(50-36-16-12-14-18-47(36)63-54(50)51)38-28-40-41(58(9,10)26-25-57(40,7)8)31-44(38)60(53)43-24-21-33(56(4,5)6)27-42(43)59(52)61/h11-24,27-31H,25-26H2,1-10H3. The van der Waals surface area contributed by atoms with Gasteiger partial charge in [0.15, 0.2) is 0 Å². The Morgan fingerprint density at radius 3 is 1.89 bits per heavy atom. The molecule has 3 aliphatic rings. The largest absolute Gasteiger partial charge is 0.376 e. The summed E-state index contributed by atoms with van der Waals surface area (Å²) in [5.74, 6) is 0. The van der Waals surface area contributed by atoms with E-state index in [1.807, 2.05) is 22.7 Å². The number of benzene rings is 7. The highest BCUT2D eigenvalue weighted by molar-refractivity contribution is 7.27. The van der Waals surface area contributed by atoms with E-state index in [9.17, 15) is 0 Å². The Bertz CT molecular complexity index is 3650. The van der Waals surface area contributed by atoms with Gasteiger partial charge in [0.25, 0.3) is 0 Å². The molecule has 13 rings (SSSR count). The molecule has 1 aliphatic carbocycles. The van der Waals surface area contributed by atoms with Crippen molar-refractivity contribution in [2.45, 2.75) is 104 Å². The van der Waals surface area contributed by atoms with Crippen LogP contribution in [0.25, 0.3) is 79.0 Å². The lowest BCUT2D eigenvalue weighted by atomic mass is 9.43. The van der Waals surface area contributed by atoms with Gasteiger partial charge in [-0.3, -0.25) is 0 Å². The summed E-state index contributed by atoms with van der Waals surface area (Å²) >= 11 is 3.94. The molecule has 0 atom stereocenters. The van der Waals surface area contributed by atoms with Gasteiger partial charge in [-0.05, 0) is 122 Å². The highest BCUT2D eigenvalue weighted by Crippen LogP contribution is 2.56. The normalized spacial score (nSPS) is 16.5. The topological polar surface area (TPSA) is 8.17 Å². The number of rotatable bonds is 1. The second kappa shape index (κ2) is 12.3. The Morgan fingerprint density at radius 2 is 1.19 bits per heavy atom. The molecule has 0 fully saturated rings. The van der Waals surface area contributed by atoms with E-state index < -0.39 is 0 Å². The number of hydrogen-bond acceptors (Lipinski definition) is 3. The molecule has 2 aliphatic heterocycles. The summed E-state index contributed by atoms with van der Waals surface area (Å²) in [7, 11) is 0. The van der Waals surface area contributed by atoms with Gasteiger partial charge in [-0.1, -0.05) is 130 Å². The molecule has 3 aromatic heterocycles. The van der Waals surface area contributed by atoms with Crippen LogP contribution in [0.15, 0.2) is 115 Å². The number of aromatic nitrogens is 1. The minimum atomic E-state index is -0.0518. The maximum absolute atomic E-state index is 2.75. The van der Waals surface area contributed by atoms with Gasteiger partial charge in [0.2, 0.25) is 0 Å². The molecule has 0 unspecified atom stereocenters. The zero-order valence-corrected chi connectivity index (χ0v) is 39.8. The van der Waals surface area contributed by atoms with Crippen LogP contribution in [0.2, 0.25) is 0 Å². The fourth-order valence-corrected chi connectivity index (χ4v) is 14.3. The molecule has 310 valence electrons. The average Bonchev–Trinajstić information content (AvgIpc) is 3.92. The van der Waals surface area contributed by atoms with Crippen LogP contribution in [-0.4, -0.2) is 11.4 Å². The summed E-state index contributed by atoms with van der Waals surface area (Å²) in [6.45, 7) is 23.9. The van der Waals surface area contributed by atoms with Crippen molar-refractivity contribution in [1.29, 1.82) is 0 Å². The van der Waals surface area contributed by atoms with Crippen molar-refractivity contribution in [3.8, 4) is 16.8 Å². The lowest BCUT2D eigenvalue weighted by molar-refractivity contribution is 0.332. The van der Waals surface area contributed by atoms with Crippen LogP contribution < -0.4 is 15.7 Å². The van der Waals surface area contributed by atoms with E-state index in [4.69, 9.17) is 0 Å². The molecule has 5 heterocycles. The molecule has 63 heavy (non-hydrogen) atoms. The van der Waals surface area contributed by atoms with Gasteiger partial charge in [0.05, 0.1) is 11.0 Å². The van der Waals surface area contributed by atoms with E-state index in [0.29, 0.717) is 0 Å². The van der Waals surface area contributed by atoms with E-state index >= 15 is 0 Å². The Kier molecular flexibility index (Phi) is 7.42. The first-order valence-electron chi connectivity index (χ1n) is 23.0. The summed E-state index contributed by atoms with van der Waals surface area (Å²) in [4.78, 5) is 2.75. The van der Waals surface area contributed by atoms with Gasteiger partial charge < -0.3 is 9.38 Å². The molecule has 0 bridgehead atoms. The summed E-state index contributed by atoms with van der Waals surface area (Å²) in [5, 5.41) is 8.27. The van der Waals surface area contributed by atoms with E-state index in [0.717, 1.165) is 0 Å². The van der Waals surface area contributed by atoms with E-state index in [1.165, 1.54) is 136 Å². The number of thiophene rings is 2. The Morgan fingerprint density at radius 1 is 0.556 bits per heavy atom. The smallest absolute Gasteiger partial charge is 0.333 e. The summed E-state index contributed by atoms with van der Waals surface area (Å²) in [6.07, 6.45) is 2.38. The highest BCUT2D eigenvalue weighted by Gasteiger charge is 2.47. The molecule has 0 saturated heterocycles. The molecule has 5 heteroatoms. The zero-order chi connectivity index (χ0) is 43.3. The maximum Gasteiger partial charge on any atom is 0.333 e. The number of fused-ring (bicyclic) bond motifs is 17. The van der Waals surface area contributed by atoms with Crippen LogP contribution in [0.1, 0.15) is 104 Å². The summed E-state index contributed by atoms with van der Waals surface area (Å²) < 4.78 is 8.20. The van der Waals surface area contributed by atoms with Crippen LogP contribution >= 0.6 is 22.7 Å². The third kappa shape index (κ3) is 5.07. The predicted molar refractivity (Wildman–Crippen MR) is 278 cm³/mol. The van der Waals surface area contributed by atoms with Crippen LogP contribution in [-0.2, 0) is 21.7 Å². The Balaban J connectivity index is 1.29. The van der Waals surface area contributed by atoms with E-state index in [2.05, 4.69) is 194 Å². The number of hydrogen-bond donors (Lipinski definition) is 0. The molecular weight excluding hydrogens is 800 g/mol. The number of anilines is 2. The average molecular weight is 853 g/mol. The third-order valence-corrected chi connectivity index (χ3v) is 17.9. The van der Waals surface area contributed by atoms with Crippen molar-refractivity contribution >= 4 is 114 Å². The Hall–Kier alpha value is -5.36. The van der Waals surface area contributed by atoms with Crippen LogP contribution in [0.5, 0.6) is 0 Å². The zero-order valence-electron chi connectivity index (χ0n) is 38.2. The van der Waals surface area contributed by atoms with Gasteiger partial charge in [0.1, 0.15) is 0 Å². The lowest BCUT2D eigenvalue weighted by Gasteiger charge is -2.43. The number of nitrogens with zero attached hydrogens (tertiary/aromatic N) is 2. The Labute approximate surface area is 379 Å². The SMILES string of the molecule is CC(C)(C)c1ccc(N2B3c4cc(C(C)(C)C)ccc4-n4c5cc6c(cc5c5c7c(sc8ccccc87)c(c3c54)-c3cc4sc5ccccc5c4cc32)C(C)(C)CCC6(C)C)cc1. The molecule has 0 N–H and O–H groups in total. The highest BCUT2D eigenvalue weighted by atomic mass is 32.1.